The van der Waals surface area contributed by atoms with Crippen molar-refractivity contribution in [3.63, 3.8) is 0 Å². The Morgan fingerprint density at radius 2 is 1.83 bits per heavy atom. The topological polar surface area (TPSA) is 64.0 Å². The van der Waals surface area contributed by atoms with Crippen LogP contribution in [0, 0.1) is 6.92 Å². The Hall–Kier alpha value is -2.90. The molecule has 0 saturated heterocycles. The lowest BCUT2D eigenvalue weighted by Gasteiger charge is -2.14. The fourth-order valence-corrected chi connectivity index (χ4v) is 6.78. The number of hydrogen-bond acceptors (Lipinski definition) is 5. The Morgan fingerprint density at radius 3 is 2.56 bits per heavy atom. The smallest absolute Gasteiger partial charge is 0.267 e. The van der Waals surface area contributed by atoms with Crippen LogP contribution in [0.4, 0.5) is 5.69 Å². The molecule has 4 aromatic rings. The molecule has 0 fully saturated rings. The highest BCUT2D eigenvalue weighted by Gasteiger charge is 2.23. The molecule has 2 heterocycles. The summed E-state index contributed by atoms with van der Waals surface area (Å²) in [7, 11) is 0. The minimum Gasteiger partial charge on any atom is -0.325 e. The van der Waals surface area contributed by atoms with Crippen LogP contribution >= 0.6 is 23.1 Å². The van der Waals surface area contributed by atoms with Crippen LogP contribution in [0.15, 0.2) is 58.5 Å². The molecule has 0 bridgehead atoms. The van der Waals surface area contributed by atoms with Crippen molar-refractivity contribution in [2.75, 3.05) is 11.1 Å². The summed E-state index contributed by atoms with van der Waals surface area (Å²) < 4.78 is 1.68. The average Bonchev–Trinajstić information content (AvgIpc) is 3.27. The van der Waals surface area contributed by atoms with E-state index in [4.69, 9.17) is 4.98 Å². The standard InChI is InChI=1S/C29H31N3O2S2/c1-4-19(3)20-11-13-21(14-12-20)30-25(33)17-35-29-31-27-26(23-7-5-6-8-24(23)36-27)28(34)32(29)22-15-9-18(2)10-16-22/h9-16,19H,4-8,17H2,1-3H3,(H,30,33). The number of thioether (sulfide) groups is 1. The molecule has 1 amide bonds. The summed E-state index contributed by atoms with van der Waals surface area (Å²) in [6.45, 7) is 6.40. The number of aromatic nitrogens is 2. The van der Waals surface area contributed by atoms with Crippen molar-refractivity contribution in [1.29, 1.82) is 0 Å². The minimum absolute atomic E-state index is 0.0354. The van der Waals surface area contributed by atoms with Gasteiger partial charge in [0.15, 0.2) is 5.16 Å². The molecule has 7 heteroatoms. The second-order valence-electron chi connectivity index (χ2n) is 9.53. The van der Waals surface area contributed by atoms with E-state index in [-0.39, 0.29) is 17.2 Å². The van der Waals surface area contributed by atoms with E-state index >= 15 is 0 Å². The zero-order valence-corrected chi connectivity index (χ0v) is 22.6. The summed E-state index contributed by atoms with van der Waals surface area (Å²) in [5.74, 6) is 0.543. The number of carbonyl (C=O) groups excluding carboxylic acids is 1. The van der Waals surface area contributed by atoms with Gasteiger partial charge in [0, 0.05) is 10.6 Å². The molecule has 0 saturated carbocycles. The van der Waals surface area contributed by atoms with Gasteiger partial charge in [0.25, 0.3) is 5.56 Å². The highest BCUT2D eigenvalue weighted by Crippen LogP contribution is 2.35. The number of aryl methyl sites for hydroxylation is 3. The van der Waals surface area contributed by atoms with Gasteiger partial charge in [-0.15, -0.1) is 11.3 Å². The molecule has 1 aliphatic rings. The molecular weight excluding hydrogens is 486 g/mol. The van der Waals surface area contributed by atoms with Gasteiger partial charge in [0.1, 0.15) is 4.83 Å². The first-order valence-corrected chi connectivity index (χ1v) is 14.4. The molecular formula is C29H31N3O2S2. The number of anilines is 1. The highest BCUT2D eigenvalue weighted by molar-refractivity contribution is 7.99. The van der Waals surface area contributed by atoms with Gasteiger partial charge in [-0.25, -0.2) is 4.98 Å². The molecule has 1 aliphatic carbocycles. The first-order chi connectivity index (χ1) is 17.4. The van der Waals surface area contributed by atoms with E-state index in [1.807, 2.05) is 43.3 Å². The third-order valence-electron chi connectivity index (χ3n) is 6.96. The Labute approximate surface area is 220 Å². The Bertz CT molecular complexity index is 1450. The van der Waals surface area contributed by atoms with E-state index in [0.717, 1.165) is 59.3 Å². The third-order valence-corrected chi connectivity index (χ3v) is 9.08. The van der Waals surface area contributed by atoms with Crippen molar-refractivity contribution in [3.8, 4) is 5.69 Å². The van der Waals surface area contributed by atoms with Gasteiger partial charge in [0.2, 0.25) is 5.91 Å². The number of fused-ring (bicyclic) bond motifs is 3. The van der Waals surface area contributed by atoms with E-state index in [1.54, 1.807) is 15.9 Å². The van der Waals surface area contributed by atoms with Crippen LogP contribution in [0.3, 0.4) is 0 Å². The number of hydrogen-bond donors (Lipinski definition) is 1. The van der Waals surface area contributed by atoms with Crippen molar-refractivity contribution < 1.29 is 4.79 Å². The number of amides is 1. The quantitative estimate of drug-likeness (QED) is 0.214. The molecule has 1 atom stereocenters. The maximum absolute atomic E-state index is 13.8. The normalized spacial score (nSPS) is 14.0. The zero-order valence-electron chi connectivity index (χ0n) is 21.0. The number of nitrogens with zero attached hydrogens (tertiary/aromatic N) is 2. The molecule has 5 rings (SSSR count). The molecule has 2 aromatic heterocycles. The van der Waals surface area contributed by atoms with Crippen molar-refractivity contribution in [3.05, 3.63) is 80.5 Å². The molecule has 1 unspecified atom stereocenters. The second-order valence-corrected chi connectivity index (χ2v) is 11.6. The second kappa shape index (κ2) is 10.6. The van der Waals surface area contributed by atoms with Crippen molar-refractivity contribution in [2.45, 2.75) is 63.9 Å². The summed E-state index contributed by atoms with van der Waals surface area (Å²) in [6.07, 6.45) is 5.30. The summed E-state index contributed by atoms with van der Waals surface area (Å²) in [6, 6.07) is 15.9. The molecule has 0 aliphatic heterocycles. The third kappa shape index (κ3) is 5.00. The van der Waals surface area contributed by atoms with E-state index in [2.05, 4.69) is 31.3 Å². The molecule has 36 heavy (non-hydrogen) atoms. The lowest BCUT2D eigenvalue weighted by molar-refractivity contribution is -0.113. The maximum atomic E-state index is 13.8. The highest BCUT2D eigenvalue weighted by atomic mass is 32.2. The van der Waals surface area contributed by atoms with E-state index < -0.39 is 0 Å². The van der Waals surface area contributed by atoms with Crippen LogP contribution in [-0.4, -0.2) is 21.2 Å². The largest absolute Gasteiger partial charge is 0.325 e. The minimum atomic E-state index is -0.119. The van der Waals surface area contributed by atoms with Crippen molar-refractivity contribution in [1.82, 2.24) is 9.55 Å². The summed E-state index contributed by atoms with van der Waals surface area (Å²) in [4.78, 5) is 33.7. The first kappa shape index (κ1) is 24.8. The number of benzene rings is 2. The van der Waals surface area contributed by atoms with Crippen LogP contribution in [-0.2, 0) is 17.6 Å². The SMILES string of the molecule is CCC(C)c1ccc(NC(=O)CSc2nc3sc4c(c3c(=O)n2-c2ccc(C)cc2)CCCC4)cc1. The lowest BCUT2D eigenvalue weighted by atomic mass is 9.97. The van der Waals surface area contributed by atoms with Crippen molar-refractivity contribution >= 4 is 44.9 Å². The van der Waals surface area contributed by atoms with Gasteiger partial charge in [-0.3, -0.25) is 14.2 Å². The van der Waals surface area contributed by atoms with Crippen LogP contribution in [0.1, 0.15) is 60.6 Å². The summed E-state index contributed by atoms with van der Waals surface area (Å²) >= 11 is 2.94. The van der Waals surface area contributed by atoms with Gasteiger partial charge in [-0.2, -0.15) is 0 Å². The number of thiophene rings is 1. The molecule has 5 nitrogen and oxygen atoms in total. The van der Waals surface area contributed by atoms with E-state index in [0.29, 0.717) is 11.1 Å². The average molecular weight is 518 g/mol. The first-order valence-electron chi connectivity index (χ1n) is 12.6. The van der Waals surface area contributed by atoms with Gasteiger partial charge >= 0.3 is 0 Å². The molecule has 0 spiro atoms. The Morgan fingerprint density at radius 1 is 1.11 bits per heavy atom. The molecule has 0 radical (unpaired) electrons. The maximum Gasteiger partial charge on any atom is 0.267 e. The van der Waals surface area contributed by atoms with Gasteiger partial charge in [-0.1, -0.05) is 55.4 Å². The van der Waals surface area contributed by atoms with E-state index in [1.165, 1.54) is 27.8 Å². The van der Waals surface area contributed by atoms with Gasteiger partial charge in [0.05, 0.1) is 16.8 Å². The van der Waals surface area contributed by atoms with Crippen LogP contribution < -0.4 is 10.9 Å². The Balaban J connectivity index is 1.44. The van der Waals surface area contributed by atoms with E-state index in [9.17, 15) is 9.59 Å². The summed E-state index contributed by atoms with van der Waals surface area (Å²) in [5.41, 5.74) is 5.09. The van der Waals surface area contributed by atoms with Gasteiger partial charge in [-0.05, 0) is 80.3 Å². The zero-order chi connectivity index (χ0) is 25.2. The monoisotopic (exact) mass is 517 g/mol. The van der Waals surface area contributed by atoms with Crippen molar-refractivity contribution in [2.24, 2.45) is 0 Å². The molecule has 186 valence electrons. The predicted octanol–water partition coefficient (Wildman–Crippen LogP) is 6.88. The number of carbonyl (C=O) groups is 1. The fourth-order valence-electron chi connectivity index (χ4n) is 4.66. The van der Waals surface area contributed by atoms with Crippen LogP contribution in [0.5, 0.6) is 0 Å². The molecule has 1 N–H and O–H groups in total. The lowest BCUT2D eigenvalue weighted by Crippen LogP contribution is -2.23. The van der Waals surface area contributed by atoms with Crippen LogP contribution in [0.25, 0.3) is 15.9 Å². The predicted molar refractivity (Wildman–Crippen MR) is 151 cm³/mol. The van der Waals surface area contributed by atoms with Gasteiger partial charge < -0.3 is 5.32 Å². The van der Waals surface area contributed by atoms with Crippen LogP contribution in [0.2, 0.25) is 0 Å². The number of nitrogens with one attached hydrogen (secondary N) is 1. The Kier molecular flexibility index (Phi) is 7.30. The number of rotatable bonds is 7. The molecule has 2 aromatic carbocycles. The summed E-state index contributed by atoms with van der Waals surface area (Å²) in [5, 5.41) is 4.29. The fraction of sp³-hybridized carbons (Fsp3) is 0.345.